The van der Waals surface area contributed by atoms with E-state index in [4.69, 9.17) is 4.74 Å². The molecule has 0 radical (unpaired) electrons. The van der Waals surface area contributed by atoms with Crippen LogP contribution in [0, 0.1) is 12.7 Å². The summed E-state index contributed by atoms with van der Waals surface area (Å²) in [5.41, 5.74) is 1.12. The first kappa shape index (κ1) is 17.4. The number of ether oxygens (including phenoxy) is 1. The highest BCUT2D eigenvalue weighted by Gasteiger charge is 2.16. The Bertz CT molecular complexity index is 600. The zero-order valence-corrected chi connectivity index (χ0v) is 13.7. The monoisotopic (exact) mass is 321 g/mol. The van der Waals surface area contributed by atoms with Crippen molar-refractivity contribution in [3.8, 4) is 5.75 Å². The molecule has 0 spiro atoms. The second-order valence-electron chi connectivity index (χ2n) is 5.85. The van der Waals surface area contributed by atoms with Gasteiger partial charge in [0.1, 0.15) is 24.3 Å². The Balaban J connectivity index is 1.72. The maximum absolute atomic E-state index is 12.8. The van der Waals surface area contributed by atoms with E-state index >= 15 is 0 Å². The Labute approximate surface area is 136 Å². The number of halogens is 1. The highest BCUT2D eigenvalue weighted by Crippen LogP contribution is 2.12. The number of aromatic nitrogens is 2. The molecule has 0 amide bonds. The third-order valence-corrected chi connectivity index (χ3v) is 3.80. The van der Waals surface area contributed by atoms with Gasteiger partial charge in [0.2, 0.25) is 0 Å². The maximum atomic E-state index is 12.8. The molecule has 23 heavy (non-hydrogen) atoms. The molecule has 0 saturated carbocycles. The van der Waals surface area contributed by atoms with E-state index in [1.807, 2.05) is 24.0 Å². The van der Waals surface area contributed by atoms with Crippen LogP contribution in [-0.4, -0.2) is 40.2 Å². The molecule has 126 valence electrons. The van der Waals surface area contributed by atoms with Gasteiger partial charge < -0.3 is 15.2 Å². The topological polar surface area (TPSA) is 59.3 Å². The molecule has 2 rings (SSSR count). The minimum Gasteiger partial charge on any atom is -0.491 e. The molecule has 5 nitrogen and oxygen atoms in total. The number of rotatable bonds is 8. The molecule has 1 aromatic carbocycles. The standard InChI is InChI=1S/C17H24FN3O2/c1-12-8-20-21(10-12)14(3)13(2)19-9-16(22)11-23-17-6-4-15(18)5-7-17/h4-8,10,13-14,16,19,22H,9,11H2,1-3H3/t13-,14+,16+/m0/s1. The number of hydrogen-bond donors (Lipinski definition) is 2. The summed E-state index contributed by atoms with van der Waals surface area (Å²) in [6.07, 6.45) is 3.18. The van der Waals surface area contributed by atoms with E-state index in [0.717, 1.165) is 5.56 Å². The average molecular weight is 321 g/mol. The van der Waals surface area contributed by atoms with Crippen LogP contribution in [0.15, 0.2) is 36.7 Å². The maximum Gasteiger partial charge on any atom is 0.123 e. The molecule has 0 bridgehead atoms. The smallest absolute Gasteiger partial charge is 0.123 e. The summed E-state index contributed by atoms with van der Waals surface area (Å²) < 4.78 is 20.1. The second kappa shape index (κ2) is 8.08. The minimum absolute atomic E-state index is 0.148. The highest BCUT2D eigenvalue weighted by molar-refractivity contribution is 5.22. The molecular weight excluding hydrogens is 297 g/mol. The largest absolute Gasteiger partial charge is 0.491 e. The SMILES string of the molecule is Cc1cnn([C@H](C)[C@H](C)NC[C@@H](O)COc2ccc(F)cc2)c1. The van der Waals surface area contributed by atoms with Crippen molar-refractivity contribution in [2.45, 2.75) is 39.0 Å². The van der Waals surface area contributed by atoms with Crippen LogP contribution < -0.4 is 10.1 Å². The molecule has 0 aliphatic heterocycles. The third-order valence-electron chi connectivity index (χ3n) is 3.80. The normalized spacial score (nSPS) is 15.2. The fourth-order valence-electron chi connectivity index (χ4n) is 2.16. The van der Waals surface area contributed by atoms with Crippen molar-refractivity contribution in [3.63, 3.8) is 0 Å². The third kappa shape index (κ3) is 5.33. The molecule has 1 heterocycles. The van der Waals surface area contributed by atoms with Crippen LogP contribution in [0.2, 0.25) is 0 Å². The lowest BCUT2D eigenvalue weighted by Gasteiger charge is -2.23. The molecule has 2 aromatic rings. The van der Waals surface area contributed by atoms with Gasteiger partial charge in [-0.3, -0.25) is 4.68 Å². The average Bonchev–Trinajstić information content (AvgIpc) is 2.97. The molecule has 6 heteroatoms. The summed E-state index contributed by atoms with van der Waals surface area (Å²) in [6.45, 7) is 6.69. The van der Waals surface area contributed by atoms with Gasteiger partial charge in [-0.25, -0.2) is 4.39 Å². The van der Waals surface area contributed by atoms with Crippen molar-refractivity contribution in [2.75, 3.05) is 13.2 Å². The zero-order chi connectivity index (χ0) is 16.8. The second-order valence-corrected chi connectivity index (χ2v) is 5.85. The van der Waals surface area contributed by atoms with Crippen LogP contribution >= 0.6 is 0 Å². The van der Waals surface area contributed by atoms with Crippen molar-refractivity contribution < 1.29 is 14.2 Å². The van der Waals surface area contributed by atoms with Gasteiger partial charge in [-0.15, -0.1) is 0 Å². The van der Waals surface area contributed by atoms with Gasteiger partial charge in [0.05, 0.1) is 12.2 Å². The van der Waals surface area contributed by atoms with Crippen molar-refractivity contribution in [1.82, 2.24) is 15.1 Å². The number of aryl methyl sites for hydroxylation is 1. The van der Waals surface area contributed by atoms with E-state index < -0.39 is 6.10 Å². The summed E-state index contributed by atoms with van der Waals surface area (Å²) >= 11 is 0. The fourth-order valence-corrected chi connectivity index (χ4v) is 2.16. The van der Waals surface area contributed by atoms with Crippen molar-refractivity contribution >= 4 is 0 Å². The van der Waals surface area contributed by atoms with E-state index in [0.29, 0.717) is 12.3 Å². The van der Waals surface area contributed by atoms with Gasteiger partial charge in [-0.1, -0.05) is 0 Å². The summed E-state index contributed by atoms with van der Waals surface area (Å²) in [5, 5.41) is 17.6. The summed E-state index contributed by atoms with van der Waals surface area (Å²) in [6, 6.07) is 6.06. The van der Waals surface area contributed by atoms with Crippen molar-refractivity contribution in [2.24, 2.45) is 0 Å². The van der Waals surface area contributed by atoms with Gasteiger partial charge in [0, 0.05) is 18.8 Å². The number of hydrogen-bond acceptors (Lipinski definition) is 4. The molecule has 0 fully saturated rings. The Morgan fingerprint density at radius 1 is 1.30 bits per heavy atom. The minimum atomic E-state index is -0.644. The number of benzene rings is 1. The van der Waals surface area contributed by atoms with Crippen LogP contribution in [0.5, 0.6) is 5.75 Å². The Kier molecular flexibility index (Phi) is 6.12. The quantitative estimate of drug-likeness (QED) is 0.783. The molecule has 0 aliphatic carbocycles. The number of nitrogens with one attached hydrogen (secondary N) is 1. The fraction of sp³-hybridized carbons (Fsp3) is 0.471. The molecule has 1 aromatic heterocycles. The van der Waals surface area contributed by atoms with Gasteiger partial charge in [0.15, 0.2) is 0 Å². The molecule has 3 atom stereocenters. The summed E-state index contributed by atoms with van der Waals surface area (Å²) in [7, 11) is 0. The number of nitrogens with zero attached hydrogens (tertiary/aromatic N) is 2. The first-order chi connectivity index (χ1) is 11.0. The summed E-state index contributed by atoms with van der Waals surface area (Å²) in [4.78, 5) is 0. The predicted molar refractivity (Wildman–Crippen MR) is 87.0 cm³/mol. The van der Waals surface area contributed by atoms with Gasteiger partial charge >= 0.3 is 0 Å². The molecule has 2 N–H and O–H groups in total. The first-order valence-corrected chi connectivity index (χ1v) is 7.76. The Morgan fingerprint density at radius 2 is 2.00 bits per heavy atom. The molecule has 0 saturated heterocycles. The Morgan fingerprint density at radius 3 is 2.61 bits per heavy atom. The number of aliphatic hydroxyl groups is 1. The van der Waals surface area contributed by atoms with Crippen molar-refractivity contribution in [3.05, 3.63) is 48.0 Å². The highest BCUT2D eigenvalue weighted by atomic mass is 19.1. The first-order valence-electron chi connectivity index (χ1n) is 7.76. The molecule has 0 aliphatic rings. The van der Waals surface area contributed by atoms with Crippen LogP contribution in [0.25, 0.3) is 0 Å². The Hall–Kier alpha value is -1.92. The lowest BCUT2D eigenvalue weighted by atomic mass is 10.1. The van der Waals surface area contributed by atoms with Crippen molar-refractivity contribution in [1.29, 1.82) is 0 Å². The zero-order valence-electron chi connectivity index (χ0n) is 13.7. The molecular formula is C17H24FN3O2. The van der Waals surface area contributed by atoms with E-state index in [2.05, 4.69) is 24.3 Å². The van der Waals surface area contributed by atoms with Gasteiger partial charge in [-0.2, -0.15) is 5.10 Å². The van der Waals surface area contributed by atoms with Crippen LogP contribution in [0.3, 0.4) is 0 Å². The van der Waals surface area contributed by atoms with E-state index in [1.165, 1.54) is 12.1 Å². The lowest BCUT2D eigenvalue weighted by Crippen LogP contribution is -2.40. The van der Waals surface area contributed by atoms with E-state index in [9.17, 15) is 9.50 Å². The van der Waals surface area contributed by atoms with Gasteiger partial charge in [-0.05, 0) is 50.6 Å². The van der Waals surface area contributed by atoms with E-state index in [-0.39, 0.29) is 24.5 Å². The van der Waals surface area contributed by atoms with Crippen LogP contribution in [0.1, 0.15) is 25.5 Å². The van der Waals surface area contributed by atoms with Crippen LogP contribution in [0.4, 0.5) is 4.39 Å². The van der Waals surface area contributed by atoms with Crippen LogP contribution in [-0.2, 0) is 0 Å². The molecule has 0 unspecified atom stereocenters. The lowest BCUT2D eigenvalue weighted by molar-refractivity contribution is 0.102. The predicted octanol–water partition coefficient (Wildman–Crippen LogP) is 2.31. The number of aliphatic hydroxyl groups excluding tert-OH is 1. The van der Waals surface area contributed by atoms with Gasteiger partial charge in [0.25, 0.3) is 0 Å². The summed E-state index contributed by atoms with van der Waals surface area (Å²) in [5.74, 6) is 0.232. The van der Waals surface area contributed by atoms with E-state index in [1.54, 1.807) is 12.1 Å².